The molecule has 2 saturated heterocycles. The predicted molar refractivity (Wildman–Crippen MR) is 63.4 cm³/mol. The van der Waals surface area contributed by atoms with Gasteiger partial charge in [0.2, 0.25) is 0 Å². The van der Waals surface area contributed by atoms with Crippen LogP contribution in [-0.4, -0.2) is 55.5 Å². The molecule has 0 aliphatic carbocycles. The van der Waals surface area contributed by atoms with Crippen LogP contribution in [0.1, 0.15) is 26.7 Å². The van der Waals surface area contributed by atoms with Gasteiger partial charge < -0.3 is 15.2 Å². The first kappa shape index (κ1) is 12.3. The van der Waals surface area contributed by atoms with Crippen molar-refractivity contribution in [2.45, 2.75) is 44.4 Å². The van der Waals surface area contributed by atoms with Crippen LogP contribution in [0.3, 0.4) is 0 Å². The summed E-state index contributed by atoms with van der Waals surface area (Å²) in [6, 6.07) is 0.525. The van der Waals surface area contributed by atoms with Gasteiger partial charge in [0, 0.05) is 25.7 Å². The minimum absolute atomic E-state index is 0.134. The Morgan fingerprint density at radius 2 is 2.31 bits per heavy atom. The van der Waals surface area contributed by atoms with E-state index in [0.717, 1.165) is 39.1 Å². The fraction of sp³-hybridized carbons (Fsp3) is 1.00. The third-order valence-corrected chi connectivity index (χ3v) is 3.70. The largest absolute Gasteiger partial charge is 0.379 e. The van der Waals surface area contributed by atoms with E-state index in [9.17, 15) is 0 Å². The van der Waals surface area contributed by atoms with E-state index in [2.05, 4.69) is 18.7 Å². The zero-order valence-electron chi connectivity index (χ0n) is 10.4. The van der Waals surface area contributed by atoms with Crippen molar-refractivity contribution in [2.75, 3.05) is 32.9 Å². The van der Waals surface area contributed by atoms with Gasteiger partial charge in [-0.2, -0.15) is 0 Å². The molecular formula is C12H24N2O2. The number of morpholine rings is 1. The lowest BCUT2D eigenvalue weighted by Gasteiger charge is -2.41. The molecule has 2 fully saturated rings. The van der Waals surface area contributed by atoms with Gasteiger partial charge in [-0.3, -0.25) is 4.90 Å². The molecule has 3 unspecified atom stereocenters. The Morgan fingerprint density at radius 1 is 1.50 bits per heavy atom. The highest BCUT2D eigenvalue weighted by atomic mass is 16.5. The van der Waals surface area contributed by atoms with E-state index in [1.54, 1.807) is 0 Å². The van der Waals surface area contributed by atoms with Crippen molar-refractivity contribution in [3.8, 4) is 0 Å². The average molecular weight is 228 g/mol. The van der Waals surface area contributed by atoms with Gasteiger partial charge in [-0.25, -0.2) is 0 Å². The first-order valence-electron chi connectivity index (χ1n) is 6.35. The lowest BCUT2D eigenvalue weighted by molar-refractivity contribution is -0.0627. The predicted octanol–water partition coefficient (Wildman–Crippen LogP) is 0.604. The Labute approximate surface area is 98.1 Å². The lowest BCUT2D eigenvalue weighted by Crippen LogP contribution is -2.58. The van der Waals surface area contributed by atoms with Gasteiger partial charge in [0.25, 0.3) is 0 Å². The normalized spacial score (nSPS) is 41.4. The topological polar surface area (TPSA) is 47.7 Å². The Morgan fingerprint density at radius 3 is 2.94 bits per heavy atom. The molecule has 0 amide bonds. The van der Waals surface area contributed by atoms with Crippen LogP contribution < -0.4 is 5.73 Å². The smallest absolute Gasteiger partial charge is 0.0674 e. The quantitative estimate of drug-likeness (QED) is 0.768. The highest BCUT2D eigenvalue weighted by Crippen LogP contribution is 2.22. The Bertz CT molecular complexity index is 229. The first-order chi connectivity index (χ1) is 7.63. The molecule has 0 saturated carbocycles. The average Bonchev–Trinajstić information content (AvgIpc) is 2.65. The second kappa shape index (κ2) is 5.00. The van der Waals surface area contributed by atoms with E-state index in [4.69, 9.17) is 15.2 Å². The molecule has 0 aromatic rings. The molecule has 2 heterocycles. The summed E-state index contributed by atoms with van der Waals surface area (Å²) in [6.07, 6.45) is 2.44. The van der Waals surface area contributed by atoms with E-state index < -0.39 is 0 Å². The van der Waals surface area contributed by atoms with Crippen LogP contribution in [-0.2, 0) is 9.47 Å². The fourth-order valence-corrected chi connectivity index (χ4v) is 2.63. The molecule has 0 spiro atoms. The molecule has 16 heavy (non-hydrogen) atoms. The van der Waals surface area contributed by atoms with E-state index in [0.29, 0.717) is 18.8 Å². The summed E-state index contributed by atoms with van der Waals surface area (Å²) in [7, 11) is 0. The maximum absolute atomic E-state index is 6.34. The molecule has 2 aliphatic rings. The van der Waals surface area contributed by atoms with Crippen LogP contribution in [0.4, 0.5) is 0 Å². The van der Waals surface area contributed by atoms with Crippen molar-refractivity contribution in [3.63, 3.8) is 0 Å². The van der Waals surface area contributed by atoms with Crippen molar-refractivity contribution in [1.29, 1.82) is 0 Å². The van der Waals surface area contributed by atoms with Crippen molar-refractivity contribution < 1.29 is 9.47 Å². The first-order valence-corrected chi connectivity index (χ1v) is 6.35. The minimum atomic E-state index is -0.134. The maximum atomic E-state index is 6.34. The monoisotopic (exact) mass is 228 g/mol. The van der Waals surface area contributed by atoms with Crippen LogP contribution in [0.2, 0.25) is 0 Å². The number of rotatable bonds is 3. The molecular weight excluding hydrogens is 204 g/mol. The van der Waals surface area contributed by atoms with Gasteiger partial charge >= 0.3 is 0 Å². The molecule has 3 atom stereocenters. The molecule has 0 aromatic carbocycles. The highest BCUT2D eigenvalue weighted by molar-refractivity contribution is 4.93. The van der Waals surface area contributed by atoms with Crippen molar-refractivity contribution in [2.24, 2.45) is 5.73 Å². The van der Waals surface area contributed by atoms with E-state index in [1.165, 1.54) is 0 Å². The van der Waals surface area contributed by atoms with E-state index in [1.807, 2.05) is 0 Å². The molecule has 4 heteroatoms. The van der Waals surface area contributed by atoms with Gasteiger partial charge in [0.05, 0.1) is 24.9 Å². The summed E-state index contributed by atoms with van der Waals surface area (Å²) in [5.74, 6) is 0. The third-order valence-electron chi connectivity index (χ3n) is 3.70. The summed E-state index contributed by atoms with van der Waals surface area (Å²) in [5.41, 5.74) is 6.21. The molecule has 0 aromatic heterocycles. The molecule has 2 aliphatic heterocycles. The summed E-state index contributed by atoms with van der Waals surface area (Å²) < 4.78 is 11.1. The number of hydrogen-bond donors (Lipinski definition) is 1. The number of nitrogens with two attached hydrogens (primary N) is 1. The van der Waals surface area contributed by atoms with Gasteiger partial charge in [-0.15, -0.1) is 0 Å². The molecule has 0 radical (unpaired) electrons. The Balaban J connectivity index is 1.94. The standard InChI is InChI=1S/C12H24N2O2/c1-3-11-7-16-10(2)6-14(11)8-12(13)4-5-15-9-12/h10-11H,3-9,13H2,1-2H3. The van der Waals surface area contributed by atoms with Crippen molar-refractivity contribution in [1.82, 2.24) is 4.90 Å². The fourth-order valence-electron chi connectivity index (χ4n) is 2.63. The molecule has 2 N–H and O–H groups in total. The second-order valence-electron chi connectivity index (χ2n) is 5.30. The summed E-state index contributed by atoms with van der Waals surface area (Å²) >= 11 is 0. The lowest BCUT2D eigenvalue weighted by atomic mass is 9.97. The van der Waals surface area contributed by atoms with Gasteiger partial charge in [-0.1, -0.05) is 6.92 Å². The third kappa shape index (κ3) is 2.74. The molecule has 4 nitrogen and oxygen atoms in total. The summed E-state index contributed by atoms with van der Waals surface area (Å²) in [6.45, 7) is 8.65. The van der Waals surface area contributed by atoms with Crippen LogP contribution in [0.15, 0.2) is 0 Å². The molecule has 94 valence electrons. The summed E-state index contributed by atoms with van der Waals surface area (Å²) in [4.78, 5) is 2.49. The second-order valence-corrected chi connectivity index (χ2v) is 5.30. The van der Waals surface area contributed by atoms with Crippen molar-refractivity contribution in [3.05, 3.63) is 0 Å². The number of nitrogens with zero attached hydrogens (tertiary/aromatic N) is 1. The maximum Gasteiger partial charge on any atom is 0.0674 e. The molecule has 0 bridgehead atoms. The van der Waals surface area contributed by atoms with Gasteiger partial charge in [-0.05, 0) is 19.8 Å². The highest BCUT2D eigenvalue weighted by Gasteiger charge is 2.36. The zero-order chi connectivity index (χ0) is 11.6. The van der Waals surface area contributed by atoms with Gasteiger partial charge in [0.15, 0.2) is 0 Å². The van der Waals surface area contributed by atoms with Crippen molar-refractivity contribution >= 4 is 0 Å². The van der Waals surface area contributed by atoms with Crippen LogP contribution in [0.5, 0.6) is 0 Å². The zero-order valence-corrected chi connectivity index (χ0v) is 10.4. The Hall–Kier alpha value is -0.160. The van der Waals surface area contributed by atoms with E-state index in [-0.39, 0.29) is 5.54 Å². The van der Waals surface area contributed by atoms with E-state index >= 15 is 0 Å². The van der Waals surface area contributed by atoms with Crippen LogP contribution >= 0.6 is 0 Å². The SMILES string of the molecule is CCC1COC(C)CN1CC1(N)CCOC1. The molecule has 2 rings (SSSR count). The van der Waals surface area contributed by atoms with Crippen LogP contribution in [0, 0.1) is 0 Å². The number of hydrogen-bond acceptors (Lipinski definition) is 4. The Kier molecular flexibility index (Phi) is 3.85. The summed E-state index contributed by atoms with van der Waals surface area (Å²) in [5, 5.41) is 0. The van der Waals surface area contributed by atoms with Crippen LogP contribution in [0.25, 0.3) is 0 Å². The minimum Gasteiger partial charge on any atom is -0.379 e. The number of ether oxygens (including phenoxy) is 2. The van der Waals surface area contributed by atoms with Gasteiger partial charge in [0.1, 0.15) is 0 Å².